The van der Waals surface area contributed by atoms with Gasteiger partial charge < -0.3 is 0 Å². The molecule has 6 heteroatoms. The van der Waals surface area contributed by atoms with Gasteiger partial charge in [-0.3, -0.25) is 13.9 Å². The molecule has 0 fully saturated rings. The average Bonchev–Trinajstić information content (AvgIpc) is 2.65. The first-order valence-corrected chi connectivity index (χ1v) is 8.08. The third-order valence-corrected chi connectivity index (χ3v) is 4.39. The number of hydrogen-bond donors (Lipinski definition) is 0. The number of aromatic nitrogens is 4. The average molecular weight is 332 g/mol. The van der Waals surface area contributed by atoms with Crippen molar-refractivity contribution in [1.29, 1.82) is 0 Å². The molecule has 2 aliphatic rings. The highest BCUT2D eigenvalue weighted by Crippen LogP contribution is 2.27. The largest absolute Gasteiger partial charge is 0.352 e. The standard InChI is InChI=1S/C19H16N4O2/c1-3-12-8-4-6-10-14(12)23-15-11-7-5-9-13(15)20-16-17(23)21-19(25)22(2)18(16)24/h4-11H,3H2,1-2H3. The van der Waals surface area contributed by atoms with Crippen LogP contribution in [-0.2, 0) is 13.5 Å². The lowest BCUT2D eigenvalue weighted by atomic mass is 10.1. The third kappa shape index (κ3) is 2.26. The lowest BCUT2D eigenvalue weighted by Crippen LogP contribution is -2.36. The zero-order valence-corrected chi connectivity index (χ0v) is 13.9. The van der Waals surface area contributed by atoms with Crippen molar-refractivity contribution in [3.05, 3.63) is 74.9 Å². The van der Waals surface area contributed by atoms with Crippen LogP contribution in [0.1, 0.15) is 12.5 Å². The lowest BCUT2D eigenvalue weighted by molar-refractivity contribution is 0.758. The minimum atomic E-state index is -0.586. The van der Waals surface area contributed by atoms with Gasteiger partial charge in [-0.15, -0.1) is 0 Å². The molecule has 25 heavy (non-hydrogen) atoms. The first-order chi connectivity index (χ1) is 12.1. The molecule has 0 saturated heterocycles. The first kappa shape index (κ1) is 15.3. The molecular weight excluding hydrogens is 316 g/mol. The summed E-state index contributed by atoms with van der Waals surface area (Å²) in [5.41, 5.74) is 2.64. The second kappa shape index (κ2) is 5.66. The van der Waals surface area contributed by atoms with Crippen LogP contribution in [0, 0.1) is 0 Å². The summed E-state index contributed by atoms with van der Waals surface area (Å²) in [5.74, 6) is 0.285. The molecule has 2 heterocycles. The van der Waals surface area contributed by atoms with Gasteiger partial charge in [0.05, 0.1) is 16.7 Å². The fraction of sp³-hybridized carbons (Fsp3) is 0.158. The highest BCUT2D eigenvalue weighted by Gasteiger charge is 2.21. The molecule has 2 aliphatic heterocycles. The van der Waals surface area contributed by atoms with Gasteiger partial charge in [-0.2, -0.15) is 4.98 Å². The van der Waals surface area contributed by atoms with Gasteiger partial charge in [0.25, 0.3) is 5.56 Å². The number of nitrogens with zero attached hydrogens (tertiary/aromatic N) is 4. The molecule has 2 aromatic carbocycles. The summed E-state index contributed by atoms with van der Waals surface area (Å²) in [4.78, 5) is 33.3. The molecule has 0 spiro atoms. The second-order valence-corrected chi connectivity index (χ2v) is 5.85. The summed E-state index contributed by atoms with van der Waals surface area (Å²) in [6, 6.07) is 15.4. The summed E-state index contributed by atoms with van der Waals surface area (Å²) in [6.07, 6.45) is 0.816. The predicted molar refractivity (Wildman–Crippen MR) is 96.4 cm³/mol. The second-order valence-electron chi connectivity index (χ2n) is 5.85. The van der Waals surface area contributed by atoms with Crippen LogP contribution in [0.15, 0.2) is 58.1 Å². The van der Waals surface area contributed by atoms with E-state index in [1.54, 1.807) is 0 Å². The number of benzene rings is 2. The molecule has 0 N–H and O–H groups in total. The van der Waals surface area contributed by atoms with Gasteiger partial charge in [0.1, 0.15) is 0 Å². The van der Waals surface area contributed by atoms with E-state index in [1.165, 1.54) is 7.05 Å². The van der Waals surface area contributed by atoms with Crippen LogP contribution in [0.3, 0.4) is 0 Å². The summed E-state index contributed by atoms with van der Waals surface area (Å²) < 4.78 is 2.85. The number of para-hydroxylation sites is 3. The molecule has 6 nitrogen and oxygen atoms in total. The van der Waals surface area contributed by atoms with Gasteiger partial charge in [0.15, 0.2) is 11.5 Å². The Morgan fingerprint density at radius 3 is 2.48 bits per heavy atom. The van der Waals surface area contributed by atoms with Gasteiger partial charge in [-0.25, -0.2) is 9.78 Å². The normalized spacial score (nSPS) is 11.3. The van der Waals surface area contributed by atoms with E-state index in [4.69, 9.17) is 0 Å². The number of hydrogen-bond acceptors (Lipinski definition) is 4. The van der Waals surface area contributed by atoms with Crippen LogP contribution in [0.5, 0.6) is 0 Å². The van der Waals surface area contributed by atoms with E-state index in [0.717, 1.165) is 27.8 Å². The van der Waals surface area contributed by atoms with E-state index in [2.05, 4.69) is 16.9 Å². The van der Waals surface area contributed by atoms with Crippen LogP contribution < -0.4 is 11.2 Å². The molecule has 0 bridgehead atoms. The Kier molecular flexibility index (Phi) is 3.46. The van der Waals surface area contributed by atoms with Crippen molar-refractivity contribution in [3.63, 3.8) is 0 Å². The summed E-state index contributed by atoms with van der Waals surface area (Å²) in [6.45, 7) is 2.07. The minimum Gasteiger partial charge on any atom is -0.290 e. The highest BCUT2D eigenvalue weighted by atomic mass is 16.2. The Bertz CT molecular complexity index is 1190. The van der Waals surface area contributed by atoms with Crippen molar-refractivity contribution in [2.24, 2.45) is 7.05 Å². The Labute approximate surface area is 143 Å². The number of aryl methyl sites for hydroxylation is 1. The van der Waals surface area contributed by atoms with E-state index in [-0.39, 0.29) is 11.5 Å². The Balaban J connectivity index is 2.28. The van der Waals surface area contributed by atoms with Crippen LogP contribution in [-0.4, -0.2) is 19.1 Å². The maximum Gasteiger partial charge on any atom is 0.352 e. The van der Waals surface area contributed by atoms with E-state index in [9.17, 15) is 9.59 Å². The summed E-state index contributed by atoms with van der Waals surface area (Å²) in [5, 5.41) is 0. The maximum absolute atomic E-state index is 12.6. The maximum atomic E-state index is 12.6. The topological polar surface area (TPSA) is 69.8 Å². The van der Waals surface area contributed by atoms with Crippen molar-refractivity contribution in [3.8, 4) is 17.2 Å². The van der Waals surface area contributed by atoms with Gasteiger partial charge >= 0.3 is 5.69 Å². The van der Waals surface area contributed by atoms with Crippen molar-refractivity contribution < 1.29 is 0 Å². The van der Waals surface area contributed by atoms with Crippen molar-refractivity contribution in [2.75, 3.05) is 0 Å². The van der Waals surface area contributed by atoms with Crippen LogP contribution in [0.4, 0.5) is 0 Å². The third-order valence-electron chi connectivity index (χ3n) is 4.39. The van der Waals surface area contributed by atoms with Gasteiger partial charge in [0, 0.05) is 7.05 Å². The van der Waals surface area contributed by atoms with E-state index in [0.29, 0.717) is 5.52 Å². The van der Waals surface area contributed by atoms with Crippen molar-refractivity contribution in [1.82, 2.24) is 19.1 Å². The molecule has 2 aromatic rings. The Morgan fingerprint density at radius 1 is 0.960 bits per heavy atom. The van der Waals surface area contributed by atoms with Crippen molar-refractivity contribution in [2.45, 2.75) is 13.3 Å². The molecule has 0 radical (unpaired) electrons. The quantitative estimate of drug-likeness (QED) is 0.527. The lowest BCUT2D eigenvalue weighted by Gasteiger charge is -2.19. The first-order valence-electron chi connectivity index (χ1n) is 8.08. The zero-order valence-electron chi connectivity index (χ0n) is 13.9. The molecule has 0 saturated carbocycles. The number of fused-ring (bicyclic) bond motifs is 2. The van der Waals surface area contributed by atoms with Gasteiger partial charge in [0.2, 0.25) is 0 Å². The Morgan fingerprint density at radius 2 is 1.68 bits per heavy atom. The van der Waals surface area contributed by atoms with Gasteiger partial charge in [-0.05, 0) is 30.2 Å². The number of rotatable bonds is 2. The fourth-order valence-corrected chi connectivity index (χ4v) is 3.07. The SMILES string of the molecule is CCc1ccccc1-n1c2nc(=O)n(C)c(=O)c-2nc2ccccc21. The summed E-state index contributed by atoms with van der Waals surface area (Å²) in [7, 11) is 1.41. The predicted octanol–water partition coefficient (Wildman–Crippen LogP) is 2.15. The molecule has 0 aromatic heterocycles. The van der Waals surface area contributed by atoms with Crippen LogP contribution in [0.25, 0.3) is 28.2 Å². The zero-order chi connectivity index (χ0) is 17.6. The highest BCUT2D eigenvalue weighted by molar-refractivity contribution is 5.82. The molecule has 0 unspecified atom stereocenters. The molecule has 0 amide bonds. The minimum absolute atomic E-state index is 0.187. The molecule has 4 rings (SSSR count). The van der Waals surface area contributed by atoms with Crippen LogP contribution in [0.2, 0.25) is 0 Å². The van der Waals surface area contributed by atoms with E-state index < -0.39 is 11.2 Å². The van der Waals surface area contributed by atoms with E-state index >= 15 is 0 Å². The molecule has 0 aliphatic carbocycles. The summed E-state index contributed by atoms with van der Waals surface area (Å²) >= 11 is 0. The molecule has 124 valence electrons. The molecule has 0 atom stereocenters. The van der Waals surface area contributed by atoms with Crippen molar-refractivity contribution >= 4 is 11.0 Å². The van der Waals surface area contributed by atoms with Crippen LogP contribution >= 0.6 is 0 Å². The van der Waals surface area contributed by atoms with E-state index in [1.807, 2.05) is 53.1 Å². The fourth-order valence-electron chi connectivity index (χ4n) is 3.07. The van der Waals surface area contributed by atoms with Gasteiger partial charge in [-0.1, -0.05) is 37.3 Å². The smallest absolute Gasteiger partial charge is 0.290 e. The monoisotopic (exact) mass is 332 g/mol. The Hall–Kier alpha value is -3.28. The molecular formula is C19H16N4O2.